The van der Waals surface area contributed by atoms with Gasteiger partial charge in [0, 0.05) is 22.7 Å². The zero-order valence-corrected chi connectivity index (χ0v) is 19.9. The van der Waals surface area contributed by atoms with Gasteiger partial charge in [-0.05, 0) is 56.2 Å². The van der Waals surface area contributed by atoms with Gasteiger partial charge in [0.05, 0.1) is 5.69 Å². The number of hydrogen-bond donors (Lipinski definition) is 1. The number of pyridine rings is 1. The lowest BCUT2D eigenvalue weighted by molar-refractivity contribution is -0.116. The maximum absolute atomic E-state index is 13.2. The van der Waals surface area contributed by atoms with Crippen LogP contribution in [0.15, 0.2) is 89.7 Å². The van der Waals surface area contributed by atoms with Gasteiger partial charge in [-0.15, -0.1) is 0 Å². The van der Waals surface area contributed by atoms with E-state index in [4.69, 9.17) is 5.10 Å². The zero-order valence-electron chi connectivity index (χ0n) is 19.9. The number of amides is 1. The summed E-state index contributed by atoms with van der Waals surface area (Å²) in [5, 5.41) is 8.76. The molecule has 0 aliphatic carbocycles. The van der Waals surface area contributed by atoms with Crippen molar-refractivity contribution in [2.75, 3.05) is 5.32 Å². The van der Waals surface area contributed by atoms with Crippen molar-refractivity contribution in [3.8, 4) is 16.9 Å². The summed E-state index contributed by atoms with van der Waals surface area (Å²) in [6.07, 6.45) is 0. The van der Waals surface area contributed by atoms with Gasteiger partial charge in [0.15, 0.2) is 0 Å². The summed E-state index contributed by atoms with van der Waals surface area (Å²) in [6.45, 7) is 5.76. The maximum Gasteiger partial charge on any atom is 0.252 e. The molecule has 2 aromatic heterocycles. The second-order valence-electron chi connectivity index (χ2n) is 8.78. The van der Waals surface area contributed by atoms with Crippen LogP contribution < -0.4 is 10.9 Å². The number of aryl methyl sites for hydroxylation is 3. The topological polar surface area (TPSA) is 68.9 Å². The van der Waals surface area contributed by atoms with Crippen LogP contribution in [0.25, 0.3) is 28.0 Å². The molecule has 0 bridgehead atoms. The largest absolute Gasteiger partial charge is 0.324 e. The molecule has 0 radical (unpaired) electrons. The lowest BCUT2D eigenvalue weighted by Gasteiger charge is -2.13. The van der Waals surface area contributed by atoms with E-state index < -0.39 is 0 Å². The highest BCUT2D eigenvalue weighted by atomic mass is 16.2. The van der Waals surface area contributed by atoms with Gasteiger partial charge >= 0.3 is 0 Å². The molecule has 6 nitrogen and oxygen atoms in total. The van der Waals surface area contributed by atoms with Crippen molar-refractivity contribution >= 4 is 22.6 Å². The number of aromatic nitrogens is 3. The van der Waals surface area contributed by atoms with Gasteiger partial charge in [-0.2, -0.15) is 5.10 Å². The molecule has 0 saturated heterocycles. The Labute approximate surface area is 203 Å². The Kier molecular flexibility index (Phi) is 5.79. The van der Waals surface area contributed by atoms with Gasteiger partial charge in [0.25, 0.3) is 5.56 Å². The molecule has 6 heteroatoms. The van der Waals surface area contributed by atoms with Gasteiger partial charge < -0.3 is 5.32 Å². The van der Waals surface area contributed by atoms with Crippen LogP contribution in [-0.4, -0.2) is 20.3 Å². The fraction of sp³-hybridized carbons (Fsp3) is 0.138. The Morgan fingerprint density at radius 2 is 1.60 bits per heavy atom. The zero-order chi connectivity index (χ0) is 24.5. The smallest absolute Gasteiger partial charge is 0.252 e. The first-order valence-electron chi connectivity index (χ1n) is 11.5. The van der Waals surface area contributed by atoms with Crippen LogP contribution in [0, 0.1) is 20.8 Å². The number of benzene rings is 3. The fourth-order valence-electron chi connectivity index (χ4n) is 4.40. The number of nitrogens with zero attached hydrogens (tertiary/aromatic N) is 3. The number of para-hydroxylation sites is 2. The van der Waals surface area contributed by atoms with E-state index in [1.54, 1.807) is 10.7 Å². The summed E-state index contributed by atoms with van der Waals surface area (Å²) in [5.41, 5.74) is 6.52. The number of nitrogens with one attached hydrogen (secondary N) is 1. The van der Waals surface area contributed by atoms with Gasteiger partial charge in [-0.3, -0.25) is 14.2 Å². The third-order valence-electron chi connectivity index (χ3n) is 6.13. The van der Waals surface area contributed by atoms with Gasteiger partial charge in [0.1, 0.15) is 17.9 Å². The van der Waals surface area contributed by atoms with Crippen molar-refractivity contribution in [2.45, 2.75) is 27.3 Å². The SMILES string of the molecule is Cc1cccc(-c2nn(-c3ccccc3)c3c2c(C)cc(=O)n3CC(=O)Nc2ccccc2C)c1. The first kappa shape index (κ1) is 22.3. The number of carbonyl (C=O) groups is 1. The molecule has 0 spiro atoms. The van der Waals surface area contributed by atoms with E-state index in [0.29, 0.717) is 5.65 Å². The first-order valence-corrected chi connectivity index (χ1v) is 11.5. The fourth-order valence-corrected chi connectivity index (χ4v) is 4.40. The van der Waals surface area contributed by atoms with E-state index in [1.807, 2.05) is 93.6 Å². The summed E-state index contributed by atoms with van der Waals surface area (Å²) >= 11 is 0. The Balaban J connectivity index is 1.72. The molecule has 1 N–H and O–H groups in total. The Morgan fingerprint density at radius 1 is 0.857 bits per heavy atom. The summed E-state index contributed by atoms with van der Waals surface area (Å²) in [4.78, 5) is 26.3. The maximum atomic E-state index is 13.2. The number of anilines is 1. The lowest BCUT2D eigenvalue weighted by atomic mass is 10.0. The van der Waals surface area contributed by atoms with Crippen LogP contribution in [0.2, 0.25) is 0 Å². The van der Waals surface area contributed by atoms with Crippen LogP contribution in [-0.2, 0) is 11.3 Å². The van der Waals surface area contributed by atoms with E-state index in [-0.39, 0.29) is 18.0 Å². The highest BCUT2D eigenvalue weighted by molar-refractivity contribution is 5.97. The molecule has 3 aromatic carbocycles. The molecule has 174 valence electrons. The molecule has 0 atom stereocenters. The van der Waals surface area contributed by atoms with Crippen LogP contribution in [0.4, 0.5) is 5.69 Å². The molecule has 0 aliphatic rings. The van der Waals surface area contributed by atoms with Crippen molar-refractivity contribution in [2.24, 2.45) is 0 Å². The highest BCUT2D eigenvalue weighted by Crippen LogP contribution is 2.32. The van der Waals surface area contributed by atoms with Gasteiger partial charge in [0.2, 0.25) is 5.91 Å². The Bertz CT molecular complexity index is 1610. The summed E-state index contributed by atoms with van der Waals surface area (Å²) in [7, 11) is 0. The number of hydrogen-bond acceptors (Lipinski definition) is 3. The van der Waals surface area contributed by atoms with Crippen LogP contribution in [0.5, 0.6) is 0 Å². The predicted octanol–water partition coefficient (Wildman–Crippen LogP) is 5.42. The first-order chi connectivity index (χ1) is 16.9. The van der Waals surface area contributed by atoms with E-state index in [0.717, 1.165) is 44.7 Å². The average molecular weight is 463 g/mol. The number of carbonyl (C=O) groups excluding carboxylic acids is 1. The second-order valence-corrected chi connectivity index (χ2v) is 8.78. The normalized spacial score (nSPS) is 11.1. The predicted molar refractivity (Wildman–Crippen MR) is 140 cm³/mol. The molecule has 5 rings (SSSR count). The van der Waals surface area contributed by atoms with E-state index in [2.05, 4.69) is 11.4 Å². The summed E-state index contributed by atoms with van der Waals surface area (Å²) in [5.74, 6) is -0.274. The molecule has 0 unspecified atom stereocenters. The third kappa shape index (κ3) is 4.26. The molecule has 0 saturated carbocycles. The molecule has 5 aromatic rings. The summed E-state index contributed by atoms with van der Waals surface area (Å²) in [6, 6.07) is 27.0. The minimum Gasteiger partial charge on any atom is -0.324 e. The highest BCUT2D eigenvalue weighted by Gasteiger charge is 2.21. The molecule has 2 heterocycles. The van der Waals surface area contributed by atoms with Crippen molar-refractivity contribution in [3.05, 3.63) is 112 Å². The number of fused-ring (bicyclic) bond motifs is 1. The Hall–Kier alpha value is -4.45. The molecular weight excluding hydrogens is 436 g/mol. The lowest BCUT2D eigenvalue weighted by Crippen LogP contribution is -2.29. The minimum absolute atomic E-state index is 0.129. The monoisotopic (exact) mass is 462 g/mol. The molecular formula is C29H26N4O2. The molecule has 0 aliphatic heterocycles. The second kappa shape index (κ2) is 9.06. The van der Waals surface area contributed by atoms with Crippen molar-refractivity contribution in [1.82, 2.24) is 14.3 Å². The quantitative estimate of drug-likeness (QED) is 0.379. The standard InChI is InChI=1S/C29H26N4O2/c1-19-10-9-12-22(16-19)28-27-21(3)17-26(35)32(18-25(34)30-24-15-8-7-11-20(24)2)29(27)33(31-28)23-13-5-4-6-14-23/h4-17H,18H2,1-3H3,(H,30,34). The van der Waals surface area contributed by atoms with Gasteiger partial charge in [-0.1, -0.05) is 60.2 Å². The van der Waals surface area contributed by atoms with E-state index >= 15 is 0 Å². The van der Waals surface area contributed by atoms with Gasteiger partial charge in [-0.25, -0.2) is 4.68 Å². The van der Waals surface area contributed by atoms with E-state index in [9.17, 15) is 9.59 Å². The third-order valence-corrected chi connectivity index (χ3v) is 6.13. The van der Waals surface area contributed by atoms with E-state index in [1.165, 1.54) is 4.57 Å². The van der Waals surface area contributed by atoms with Crippen LogP contribution in [0.3, 0.4) is 0 Å². The summed E-state index contributed by atoms with van der Waals surface area (Å²) < 4.78 is 3.28. The minimum atomic E-state index is -0.274. The van der Waals surface area contributed by atoms with Crippen molar-refractivity contribution in [1.29, 1.82) is 0 Å². The Morgan fingerprint density at radius 3 is 2.34 bits per heavy atom. The molecule has 35 heavy (non-hydrogen) atoms. The number of rotatable bonds is 5. The average Bonchev–Trinajstić information content (AvgIpc) is 3.25. The van der Waals surface area contributed by atoms with Crippen molar-refractivity contribution < 1.29 is 4.79 Å². The van der Waals surface area contributed by atoms with Crippen LogP contribution in [0.1, 0.15) is 16.7 Å². The molecule has 0 fully saturated rings. The van der Waals surface area contributed by atoms with Crippen LogP contribution >= 0.6 is 0 Å². The van der Waals surface area contributed by atoms with Crippen molar-refractivity contribution in [3.63, 3.8) is 0 Å². The molecule has 1 amide bonds.